The highest BCUT2D eigenvalue weighted by Gasteiger charge is 2.06. The van der Waals surface area contributed by atoms with Crippen LogP contribution in [0.2, 0.25) is 0 Å². The second-order valence-corrected chi connectivity index (χ2v) is 3.65. The molecule has 0 fully saturated rings. The minimum atomic E-state index is -0.700. The van der Waals surface area contributed by atoms with Gasteiger partial charge in [0.25, 0.3) is 0 Å². The number of aromatic nitrogens is 2. The quantitative estimate of drug-likeness (QED) is 0.628. The van der Waals surface area contributed by atoms with E-state index in [1.165, 1.54) is 0 Å². The number of hydrogen-bond donors (Lipinski definition) is 3. The summed E-state index contributed by atoms with van der Waals surface area (Å²) in [5, 5.41) is 11.7. The van der Waals surface area contributed by atoms with E-state index >= 15 is 0 Å². The first-order valence-corrected chi connectivity index (χ1v) is 4.87. The number of nitrogens with one attached hydrogen (secondary N) is 1. The lowest BCUT2D eigenvalue weighted by atomic mass is 10.3. The van der Waals surface area contributed by atoms with Crippen LogP contribution in [0.1, 0.15) is 26.5 Å². The second kappa shape index (κ2) is 6.31. The van der Waals surface area contributed by atoms with Crippen molar-refractivity contribution in [2.24, 2.45) is 0 Å². The number of rotatable bonds is 2. The van der Waals surface area contributed by atoms with Gasteiger partial charge in [-0.2, -0.15) is 0 Å². The zero-order valence-corrected chi connectivity index (χ0v) is 9.78. The summed E-state index contributed by atoms with van der Waals surface area (Å²) in [5.74, 6) is 0.338. The Morgan fingerprint density at radius 3 is 2.33 bits per heavy atom. The van der Waals surface area contributed by atoms with Crippen LogP contribution in [-0.4, -0.2) is 27.3 Å². The van der Waals surface area contributed by atoms with E-state index in [1.807, 2.05) is 13.8 Å². The largest absolute Gasteiger partial charge is 0.376 e. The van der Waals surface area contributed by atoms with E-state index < -0.39 is 5.72 Å². The van der Waals surface area contributed by atoms with Crippen molar-refractivity contribution in [3.8, 4) is 0 Å². The Hall–Kier alpha value is -1.20. The average molecular weight is 212 g/mol. The molecule has 0 aromatic carbocycles. The summed E-state index contributed by atoms with van der Waals surface area (Å²) in [6.45, 7) is 8.08. The summed E-state index contributed by atoms with van der Waals surface area (Å²) in [7, 11) is 0. The number of aryl methyl sites for hydroxylation is 1. The number of hydrogen-bond acceptors (Lipinski definition) is 5. The van der Waals surface area contributed by atoms with E-state index in [4.69, 9.17) is 10.8 Å². The first-order chi connectivity index (χ1) is 6.85. The summed E-state index contributed by atoms with van der Waals surface area (Å²) < 4.78 is 0. The fraction of sp³-hybridized carbons (Fsp3) is 0.600. The van der Waals surface area contributed by atoms with Gasteiger partial charge in [-0.1, -0.05) is 6.92 Å². The monoisotopic (exact) mass is 212 g/mol. The number of nitrogens with zero attached hydrogens (tertiary/aromatic N) is 2. The summed E-state index contributed by atoms with van der Waals surface area (Å²) in [6, 6.07) is 1.80. The normalized spacial score (nSPS) is 10.5. The minimum absolute atomic E-state index is 0.338. The smallest absolute Gasteiger partial charge is 0.220 e. The topological polar surface area (TPSA) is 84.1 Å². The molecular formula is C10H20N4O. The predicted octanol–water partition coefficient (Wildman–Crippen LogP) is 0.692. The van der Waals surface area contributed by atoms with Gasteiger partial charge in [0.15, 0.2) is 0 Å². The minimum Gasteiger partial charge on any atom is -0.376 e. The third-order valence-corrected chi connectivity index (χ3v) is 1.42. The highest BCUT2D eigenvalue weighted by atomic mass is 16.3. The Labute approximate surface area is 90.8 Å². The van der Waals surface area contributed by atoms with Gasteiger partial charge in [-0.05, 0) is 33.4 Å². The van der Waals surface area contributed by atoms with Crippen molar-refractivity contribution in [1.82, 2.24) is 15.3 Å². The van der Waals surface area contributed by atoms with E-state index in [0.29, 0.717) is 5.95 Å². The fourth-order valence-electron chi connectivity index (χ4n) is 0.901. The van der Waals surface area contributed by atoms with Crippen molar-refractivity contribution in [3.05, 3.63) is 18.0 Å². The van der Waals surface area contributed by atoms with Crippen LogP contribution in [0.15, 0.2) is 12.3 Å². The molecule has 5 nitrogen and oxygen atoms in total. The number of nitrogens with two attached hydrogens (primary N) is 1. The van der Waals surface area contributed by atoms with Crippen LogP contribution in [0.4, 0.5) is 5.95 Å². The first-order valence-electron chi connectivity index (χ1n) is 4.87. The van der Waals surface area contributed by atoms with E-state index in [2.05, 4.69) is 15.3 Å². The summed E-state index contributed by atoms with van der Waals surface area (Å²) in [6.07, 6.45) is 1.64. The molecule has 1 aromatic heterocycles. The van der Waals surface area contributed by atoms with Crippen LogP contribution in [-0.2, 0) is 0 Å². The van der Waals surface area contributed by atoms with Crippen molar-refractivity contribution < 1.29 is 5.11 Å². The molecule has 1 aromatic rings. The zero-order chi connectivity index (χ0) is 11.9. The third kappa shape index (κ3) is 9.11. The molecule has 15 heavy (non-hydrogen) atoms. The zero-order valence-electron chi connectivity index (χ0n) is 9.78. The van der Waals surface area contributed by atoms with E-state index in [-0.39, 0.29) is 0 Å². The van der Waals surface area contributed by atoms with Crippen molar-refractivity contribution in [2.45, 2.75) is 33.4 Å². The summed E-state index contributed by atoms with van der Waals surface area (Å²) in [4.78, 5) is 7.55. The highest BCUT2D eigenvalue weighted by molar-refractivity contribution is 5.15. The maximum Gasteiger partial charge on any atom is 0.220 e. The Morgan fingerprint density at radius 2 is 2.13 bits per heavy atom. The van der Waals surface area contributed by atoms with Gasteiger partial charge >= 0.3 is 0 Å². The molecule has 0 saturated heterocycles. The molecule has 0 saturated carbocycles. The van der Waals surface area contributed by atoms with Crippen LogP contribution in [0.25, 0.3) is 0 Å². The average Bonchev–Trinajstić information content (AvgIpc) is 2.01. The van der Waals surface area contributed by atoms with Crippen LogP contribution in [0, 0.1) is 6.92 Å². The molecule has 4 N–H and O–H groups in total. The van der Waals surface area contributed by atoms with Gasteiger partial charge in [-0.3, -0.25) is 5.32 Å². The molecule has 0 aliphatic heterocycles. The van der Waals surface area contributed by atoms with Crippen molar-refractivity contribution in [3.63, 3.8) is 0 Å². The van der Waals surface area contributed by atoms with Gasteiger partial charge in [0.2, 0.25) is 5.95 Å². The van der Waals surface area contributed by atoms with Gasteiger partial charge in [0.1, 0.15) is 5.72 Å². The lowest BCUT2D eigenvalue weighted by Crippen LogP contribution is -2.38. The van der Waals surface area contributed by atoms with E-state index in [1.54, 1.807) is 26.1 Å². The Bertz CT molecular complexity index is 266. The highest BCUT2D eigenvalue weighted by Crippen LogP contribution is 1.91. The van der Waals surface area contributed by atoms with Crippen molar-refractivity contribution in [1.29, 1.82) is 0 Å². The van der Waals surface area contributed by atoms with Crippen molar-refractivity contribution >= 4 is 5.95 Å². The number of nitrogen functional groups attached to an aromatic ring is 1. The third-order valence-electron chi connectivity index (χ3n) is 1.42. The maximum absolute atomic E-state index is 8.91. The Kier molecular flexibility index (Phi) is 5.81. The van der Waals surface area contributed by atoms with Crippen LogP contribution < -0.4 is 11.1 Å². The Morgan fingerprint density at radius 1 is 1.53 bits per heavy atom. The van der Waals surface area contributed by atoms with E-state index in [9.17, 15) is 0 Å². The Balaban J connectivity index is 0.000000265. The molecule has 0 bridgehead atoms. The molecule has 0 spiro atoms. The summed E-state index contributed by atoms with van der Waals surface area (Å²) in [5.41, 5.74) is 5.44. The van der Waals surface area contributed by atoms with Gasteiger partial charge in [0, 0.05) is 11.9 Å². The standard InChI is InChI=1S/C5H7N3.C5H13NO/c1-4-2-3-7-5(6)8-4;1-4-6-5(2,3)7/h2-3H,1H3,(H2,6,7,8);6-7H,4H2,1-3H3. The van der Waals surface area contributed by atoms with Gasteiger partial charge < -0.3 is 10.8 Å². The van der Waals surface area contributed by atoms with Crippen LogP contribution >= 0.6 is 0 Å². The van der Waals surface area contributed by atoms with Crippen LogP contribution in [0.5, 0.6) is 0 Å². The second-order valence-electron chi connectivity index (χ2n) is 3.65. The molecule has 0 aliphatic carbocycles. The SMILES string of the molecule is CCNC(C)(C)O.Cc1ccnc(N)n1. The maximum atomic E-state index is 8.91. The molecular weight excluding hydrogens is 192 g/mol. The van der Waals surface area contributed by atoms with Gasteiger partial charge in [-0.25, -0.2) is 9.97 Å². The molecule has 1 rings (SSSR count). The first kappa shape index (κ1) is 13.8. The van der Waals surface area contributed by atoms with Gasteiger partial charge in [-0.15, -0.1) is 0 Å². The van der Waals surface area contributed by atoms with E-state index in [0.717, 1.165) is 12.2 Å². The summed E-state index contributed by atoms with van der Waals surface area (Å²) >= 11 is 0. The van der Waals surface area contributed by atoms with Crippen molar-refractivity contribution in [2.75, 3.05) is 12.3 Å². The molecule has 0 aliphatic rings. The molecule has 0 amide bonds. The molecule has 1 heterocycles. The number of aliphatic hydroxyl groups is 1. The van der Waals surface area contributed by atoms with Crippen LogP contribution in [0.3, 0.4) is 0 Å². The van der Waals surface area contributed by atoms with Gasteiger partial charge in [0.05, 0.1) is 0 Å². The lowest BCUT2D eigenvalue weighted by Gasteiger charge is -2.16. The predicted molar refractivity (Wildman–Crippen MR) is 61.2 cm³/mol. The molecule has 0 radical (unpaired) electrons. The molecule has 0 unspecified atom stereocenters. The number of anilines is 1. The molecule has 86 valence electrons. The molecule has 0 atom stereocenters. The molecule has 5 heteroatoms. The lowest BCUT2D eigenvalue weighted by molar-refractivity contribution is 0.0457. The fourth-order valence-corrected chi connectivity index (χ4v) is 0.901.